The van der Waals surface area contributed by atoms with Crippen LogP contribution in [-0.4, -0.2) is 54.9 Å². The molecule has 106 valence electrons. The second kappa shape index (κ2) is 6.51. The molecule has 1 aliphatic heterocycles. The van der Waals surface area contributed by atoms with Gasteiger partial charge >= 0.3 is 6.01 Å². The maximum Gasteiger partial charge on any atom is 0.322 e. The van der Waals surface area contributed by atoms with E-state index in [0.29, 0.717) is 24.0 Å². The summed E-state index contributed by atoms with van der Waals surface area (Å²) in [7, 11) is 3.32. The van der Waals surface area contributed by atoms with Gasteiger partial charge in [0.2, 0.25) is 11.9 Å². The lowest BCUT2D eigenvalue weighted by molar-refractivity contribution is 0.0816. The van der Waals surface area contributed by atoms with Crippen LogP contribution in [0.3, 0.4) is 0 Å². The third kappa shape index (κ3) is 3.44. The molecule has 0 spiro atoms. The monoisotopic (exact) mass is 267 g/mol. The Hall–Kier alpha value is -1.63. The third-order valence-corrected chi connectivity index (χ3v) is 3.18. The summed E-state index contributed by atoms with van der Waals surface area (Å²) in [6.07, 6.45) is 2.32. The van der Waals surface area contributed by atoms with Crippen molar-refractivity contribution in [3.8, 4) is 6.01 Å². The first-order chi connectivity index (χ1) is 9.26. The molecular formula is C12H21N5O2. The first-order valence-electron chi connectivity index (χ1n) is 6.58. The molecule has 1 aromatic heterocycles. The van der Waals surface area contributed by atoms with Gasteiger partial charge in [-0.05, 0) is 19.8 Å². The number of aromatic nitrogens is 3. The fourth-order valence-electron chi connectivity index (χ4n) is 2.11. The SMILES string of the molecule is CCNc1nc(OC)nc(N2CCC(OC)CC2)n1. The minimum absolute atomic E-state index is 0.341. The van der Waals surface area contributed by atoms with Crippen molar-refractivity contribution in [3.63, 3.8) is 0 Å². The Balaban J connectivity index is 2.12. The standard InChI is InChI=1S/C12H21N5O2/c1-4-13-10-14-11(16-12(15-10)19-3)17-7-5-9(18-2)6-8-17/h9H,4-8H2,1-3H3,(H,13,14,15,16). The molecule has 2 heterocycles. The maximum absolute atomic E-state index is 5.37. The fourth-order valence-corrected chi connectivity index (χ4v) is 2.11. The smallest absolute Gasteiger partial charge is 0.322 e. The molecule has 19 heavy (non-hydrogen) atoms. The zero-order chi connectivity index (χ0) is 13.7. The molecule has 2 rings (SSSR count). The Kier molecular flexibility index (Phi) is 4.73. The number of hydrogen-bond donors (Lipinski definition) is 1. The highest BCUT2D eigenvalue weighted by molar-refractivity contribution is 5.38. The van der Waals surface area contributed by atoms with Gasteiger partial charge in [-0.2, -0.15) is 15.0 Å². The topological polar surface area (TPSA) is 72.4 Å². The Morgan fingerprint density at radius 3 is 2.53 bits per heavy atom. The van der Waals surface area contributed by atoms with Crippen molar-refractivity contribution in [2.24, 2.45) is 0 Å². The van der Waals surface area contributed by atoms with Gasteiger partial charge in [0, 0.05) is 26.7 Å². The van der Waals surface area contributed by atoms with Crippen molar-refractivity contribution in [1.29, 1.82) is 0 Å². The fraction of sp³-hybridized carbons (Fsp3) is 0.750. The lowest BCUT2D eigenvalue weighted by Gasteiger charge is -2.31. The van der Waals surface area contributed by atoms with Crippen LogP contribution in [0.15, 0.2) is 0 Å². The van der Waals surface area contributed by atoms with Crippen molar-refractivity contribution in [2.75, 3.05) is 44.1 Å². The normalized spacial score (nSPS) is 16.5. The highest BCUT2D eigenvalue weighted by Crippen LogP contribution is 2.20. The van der Waals surface area contributed by atoms with Crippen LogP contribution in [0.25, 0.3) is 0 Å². The molecule has 0 bridgehead atoms. The summed E-state index contributed by atoms with van der Waals surface area (Å²) in [6, 6.07) is 0.342. The lowest BCUT2D eigenvalue weighted by Crippen LogP contribution is -2.37. The molecule has 1 aromatic rings. The summed E-state index contributed by atoms with van der Waals surface area (Å²) in [5.74, 6) is 1.22. The molecule has 0 aliphatic carbocycles. The van der Waals surface area contributed by atoms with E-state index >= 15 is 0 Å². The van der Waals surface area contributed by atoms with E-state index in [9.17, 15) is 0 Å². The van der Waals surface area contributed by atoms with Gasteiger partial charge in [-0.25, -0.2) is 0 Å². The van der Waals surface area contributed by atoms with Crippen molar-refractivity contribution in [2.45, 2.75) is 25.9 Å². The second-order valence-electron chi connectivity index (χ2n) is 4.40. The summed E-state index contributed by atoms with van der Waals surface area (Å²) < 4.78 is 10.5. The molecule has 1 saturated heterocycles. The van der Waals surface area contributed by atoms with E-state index in [-0.39, 0.29) is 0 Å². The van der Waals surface area contributed by atoms with E-state index in [4.69, 9.17) is 9.47 Å². The van der Waals surface area contributed by atoms with Crippen LogP contribution in [0.1, 0.15) is 19.8 Å². The third-order valence-electron chi connectivity index (χ3n) is 3.18. The van der Waals surface area contributed by atoms with Gasteiger partial charge in [-0.1, -0.05) is 0 Å². The summed E-state index contributed by atoms with van der Waals surface area (Å²) >= 11 is 0. The number of piperidine rings is 1. The van der Waals surface area contributed by atoms with E-state index in [1.54, 1.807) is 14.2 Å². The molecule has 1 N–H and O–H groups in total. The summed E-state index contributed by atoms with van der Waals surface area (Å²) in [5.41, 5.74) is 0. The summed E-state index contributed by atoms with van der Waals surface area (Å²) in [4.78, 5) is 15.0. The van der Waals surface area contributed by atoms with E-state index < -0.39 is 0 Å². The highest BCUT2D eigenvalue weighted by atomic mass is 16.5. The van der Waals surface area contributed by atoms with Crippen LogP contribution >= 0.6 is 0 Å². The molecule has 7 heteroatoms. The van der Waals surface area contributed by atoms with E-state index in [0.717, 1.165) is 32.5 Å². The molecule has 0 saturated carbocycles. The molecule has 0 unspecified atom stereocenters. The number of hydrogen-bond acceptors (Lipinski definition) is 7. The van der Waals surface area contributed by atoms with Crippen LogP contribution in [0.4, 0.5) is 11.9 Å². The summed E-state index contributed by atoms with van der Waals surface area (Å²) in [6.45, 7) is 4.53. The minimum Gasteiger partial charge on any atom is -0.467 e. The number of methoxy groups -OCH3 is 2. The van der Waals surface area contributed by atoms with Crippen LogP contribution in [0.2, 0.25) is 0 Å². The second-order valence-corrected chi connectivity index (χ2v) is 4.40. The molecule has 1 aliphatic rings. The van der Waals surface area contributed by atoms with Gasteiger partial charge < -0.3 is 19.7 Å². The average molecular weight is 267 g/mol. The van der Waals surface area contributed by atoms with Gasteiger partial charge in [0.25, 0.3) is 0 Å². The van der Waals surface area contributed by atoms with Crippen LogP contribution in [-0.2, 0) is 4.74 Å². The minimum atomic E-state index is 0.341. The van der Waals surface area contributed by atoms with Crippen LogP contribution in [0, 0.1) is 0 Å². The van der Waals surface area contributed by atoms with Gasteiger partial charge in [-0.15, -0.1) is 0 Å². The molecule has 0 radical (unpaired) electrons. The number of rotatable bonds is 5. The average Bonchev–Trinajstić information content (AvgIpc) is 2.47. The van der Waals surface area contributed by atoms with E-state index in [1.165, 1.54) is 0 Å². The van der Waals surface area contributed by atoms with Crippen LogP contribution in [0.5, 0.6) is 6.01 Å². The van der Waals surface area contributed by atoms with Crippen molar-refractivity contribution < 1.29 is 9.47 Å². The number of nitrogens with one attached hydrogen (secondary N) is 1. The summed E-state index contributed by atoms with van der Waals surface area (Å²) in [5, 5.41) is 3.09. The number of anilines is 2. The zero-order valence-corrected chi connectivity index (χ0v) is 11.7. The number of nitrogens with zero attached hydrogens (tertiary/aromatic N) is 4. The predicted octanol–water partition coefficient (Wildman–Crippen LogP) is 0.927. The van der Waals surface area contributed by atoms with Crippen molar-refractivity contribution in [3.05, 3.63) is 0 Å². The van der Waals surface area contributed by atoms with Crippen LogP contribution < -0.4 is 15.0 Å². The Morgan fingerprint density at radius 2 is 1.95 bits per heavy atom. The Morgan fingerprint density at radius 1 is 1.21 bits per heavy atom. The molecule has 0 aromatic carbocycles. The molecule has 1 fully saturated rings. The Labute approximate surface area is 113 Å². The quantitative estimate of drug-likeness (QED) is 0.850. The molecular weight excluding hydrogens is 246 g/mol. The largest absolute Gasteiger partial charge is 0.467 e. The van der Waals surface area contributed by atoms with Crippen molar-refractivity contribution >= 4 is 11.9 Å². The van der Waals surface area contributed by atoms with E-state index in [1.807, 2.05) is 6.92 Å². The van der Waals surface area contributed by atoms with E-state index in [2.05, 4.69) is 25.2 Å². The molecule has 0 amide bonds. The highest BCUT2D eigenvalue weighted by Gasteiger charge is 2.21. The van der Waals surface area contributed by atoms with Crippen molar-refractivity contribution in [1.82, 2.24) is 15.0 Å². The first-order valence-corrected chi connectivity index (χ1v) is 6.58. The predicted molar refractivity (Wildman–Crippen MR) is 72.8 cm³/mol. The molecule has 7 nitrogen and oxygen atoms in total. The van der Waals surface area contributed by atoms with Gasteiger partial charge in [0.15, 0.2) is 0 Å². The maximum atomic E-state index is 5.37. The zero-order valence-electron chi connectivity index (χ0n) is 11.7. The lowest BCUT2D eigenvalue weighted by atomic mass is 10.1. The number of ether oxygens (including phenoxy) is 2. The van der Waals surface area contributed by atoms with Gasteiger partial charge in [-0.3, -0.25) is 0 Å². The van der Waals surface area contributed by atoms with Gasteiger partial charge in [0.1, 0.15) is 0 Å². The Bertz CT molecular complexity index is 407. The van der Waals surface area contributed by atoms with Gasteiger partial charge in [0.05, 0.1) is 13.2 Å². The first kappa shape index (κ1) is 13.8. The molecule has 0 atom stereocenters.